The standard InChI is InChI=1S/C16H10BrClF3N3O/c1-22-13-8-6-7-11(16(19,20)21)23-14(8)24(15(25)12(13)17)10-5-3-2-4-9(10)18/h2-7,22H,1H3. The summed E-state index contributed by atoms with van der Waals surface area (Å²) in [5, 5.41) is 3.38. The van der Waals surface area contributed by atoms with Crippen molar-refractivity contribution in [3.63, 3.8) is 0 Å². The van der Waals surface area contributed by atoms with Crippen LogP contribution in [0.5, 0.6) is 0 Å². The Morgan fingerprint density at radius 3 is 2.48 bits per heavy atom. The molecule has 2 heterocycles. The molecule has 0 amide bonds. The highest BCUT2D eigenvalue weighted by molar-refractivity contribution is 9.10. The van der Waals surface area contributed by atoms with Crippen LogP contribution in [0, 0.1) is 0 Å². The van der Waals surface area contributed by atoms with E-state index in [2.05, 4.69) is 26.2 Å². The van der Waals surface area contributed by atoms with Gasteiger partial charge in [0.2, 0.25) is 0 Å². The summed E-state index contributed by atoms with van der Waals surface area (Å²) in [5.41, 5.74) is -1.21. The summed E-state index contributed by atoms with van der Waals surface area (Å²) in [7, 11) is 1.57. The van der Waals surface area contributed by atoms with Crippen molar-refractivity contribution in [3.05, 3.63) is 61.9 Å². The molecule has 130 valence electrons. The van der Waals surface area contributed by atoms with Crippen LogP contribution in [0.2, 0.25) is 5.02 Å². The van der Waals surface area contributed by atoms with Crippen molar-refractivity contribution in [2.45, 2.75) is 6.18 Å². The van der Waals surface area contributed by atoms with E-state index in [4.69, 9.17) is 11.6 Å². The Kier molecular flexibility index (Phi) is 4.51. The van der Waals surface area contributed by atoms with Crippen molar-refractivity contribution in [1.82, 2.24) is 9.55 Å². The van der Waals surface area contributed by atoms with Gasteiger partial charge in [-0.1, -0.05) is 23.7 Å². The van der Waals surface area contributed by atoms with Crippen LogP contribution in [0.3, 0.4) is 0 Å². The molecule has 1 aromatic carbocycles. The minimum Gasteiger partial charge on any atom is -0.386 e. The van der Waals surface area contributed by atoms with Gasteiger partial charge in [0.1, 0.15) is 15.8 Å². The molecule has 0 spiro atoms. The maximum Gasteiger partial charge on any atom is 0.433 e. The molecule has 0 aliphatic carbocycles. The third-order valence-electron chi connectivity index (χ3n) is 3.60. The van der Waals surface area contributed by atoms with E-state index in [-0.39, 0.29) is 20.8 Å². The van der Waals surface area contributed by atoms with Crippen LogP contribution < -0.4 is 10.9 Å². The molecule has 0 aliphatic rings. The topological polar surface area (TPSA) is 46.9 Å². The maximum atomic E-state index is 13.1. The van der Waals surface area contributed by atoms with Gasteiger partial charge in [-0.2, -0.15) is 13.2 Å². The van der Waals surface area contributed by atoms with Gasteiger partial charge in [-0.3, -0.25) is 9.36 Å². The van der Waals surface area contributed by atoms with E-state index < -0.39 is 17.4 Å². The lowest BCUT2D eigenvalue weighted by Crippen LogP contribution is -2.23. The van der Waals surface area contributed by atoms with Crippen molar-refractivity contribution >= 4 is 44.3 Å². The van der Waals surface area contributed by atoms with Crippen LogP contribution in [0.1, 0.15) is 5.69 Å². The van der Waals surface area contributed by atoms with E-state index in [1.54, 1.807) is 25.2 Å². The number of fused-ring (bicyclic) bond motifs is 1. The molecule has 0 atom stereocenters. The Morgan fingerprint density at radius 2 is 1.88 bits per heavy atom. The second-order valence-electron chi connectivity index (χ2n) is 5.10. The average molecular weight is 433 g/mol. The quantitative estimate of drug-likeness (QED) is 0.629. The Hall–Kier alpha value is -2.06. The largest absolute Gasteiger partial charge is 0.433 e. The number of aromatic nitrogens is 2. The fourth-order valence-corrected chi connectivity index (χ4v) is 3.30. The minimum atomic E-state index is -4.64. The first-order chi connectivity index (χ1) is 11.8. The molecule has 0 saturated carbocycles. The van der Waals surface area contributed by atoms with Crippen molar-refractivity contribution in [3.8, 4) is 5.69 Å². The van der Waals surface area contributed by atoms with Crippen LogP contribution in [0.25, 0.3) is 16.7 Å². The lowest BCUT2D eigenvalue weighted by atomic mass is 10.2. The molecule has 1 N–H and O–H groups in total. The molecule has 25 heavy (non-hydrogen) atoms. The Morgan fingerprint density at radius 1 is 1.20 bits per heavy atom. The monoisotopic (exact) mass is 431 g/mol. The third kappa shape index (κ3) is 3.00. The third-order valence-corrected chi connectivity index (χ3v) is 4.66. The van der Waals surface area contributed by atoms with Crippen LogP contribution in [0.4, 0.5) is 18.9 Å². The maximum absolute atomic E-state index is 13.1. The van der Waals surface area contributed by atoms with Gasteiger partial charge in [-0.25, -0.2) is 4.98 Å². The summed E-state index contributed by atoms with van der Waals surface area (Å²) in [6.07, 6.45) is -4.64. The highest BCUT2D eigenvalue weighted by atomic mass is 79.9. The van der Waals surface area contributed by atoms with Crippen molar-refractivity contribution in [1.29, 1.82) is 0 Å². The molecular formula is C16H10BrClF3N3O. The van der Waals surface area contributed by atoms with Gasteiger partial charge in [0.25, 0.3) is 5.56 Å². The van der Waals surface area contributed by atoms with Gasteiger partial charge >= 0.3 is 6.18 Å². The number of nitrogens with zero attached hydrogens (tertiary/aromatic N) is 2. The SMILES string of the molecule is CNc1c(Br)c(=O)n(-c2ccccc2Cl)c2nc(C(F)(F)F)ccc12. The number of rotatable bonds is 2. The molecule has 0 saturated heterocycles. The number of para-hydroxylation sites is 1. The number of nitrogens with one attached hydrogen (secondary N) is 1. The summed E-state index contributed by atoms with van der Waals surface area (Å²) in [4.78, 5) is 16.5. The first-order valence-corrected chi connectivity index (χ1v) is 8.18. The summed E-state index contributed by atoms with van der Waals surface area (Å²) in [5.74, 6) is 0. The molecule has 0 fully saturated rings. The number of anilines is 1. The van der Waals surface area contributed by atoms with Crippen LogP contribution in [-0.4, -0.2) is 16.6 Å². The van der Waals surface area contributed by atoms with E-state index in [0.29, 0.717) is 11.1 Å². The normalized spacial score (nSPS) is 11.8. The van der Waals surface area contributed by atoms with Crippen LogP contribution >= 0.6 is 27.5 Å². The molecule has 4 nitrogen and oxygen atoms in total. The lowest BCUT2D eigenvalue weighted by Gasteiger charge is -2.17. The number of hydrogen-bond acceptors (Lipinski definition) is 3. The van der Waals surface area contributed by atoms with Crippen molar-refractivity contribution in [2.75, 3.05) is 12.4 Å². The van der Waals surface area contributed by atoms with Gasteiger partial charge in [0, 0.05) is 12.4 Å². The molecule has 2 aromatic heterocycles. The highest BCUT2D eigenvalue weighted by Gasteiger charge is 2.33. The first-order valence-electron chi connectivity index (χ1n) is 7.01. The Balaban J connectivity index is 2.52. The Bertz CT molecular complexity index is 1030. The van der Waals surface area contributed by atoms with Gasteiger partial charge in [-0.15, -0.1) is 0 Å². The number of halogens is 5. The molecule has 0 aliphatic heterocycles. The van der Waals surface area contributed by atoms with E-state index >= 15 is 0 Å². The van der Waals surface area contributed by atoms with Crippen molar-refractivity contribution in [2.24, 2.45) is 0 Å². The zero-order valence-electron chi connectivity index (χ0n) is 12.7. The number of benzene rings is 1. The second-order valence-corrected chi connectivity index (χ2v) is 6.30. The van der Waals surface area contributed by atoms with E-state index in [1.807, 2.05) is 0 Å². The summed E-state index contributed by atoms with van der Waals surface area (Å²) in [6, 6.07) is 8.52. The molecule has 0 unspecified atom stereocenters. The number of alkyl halides is 3. The number of hydrogen-bond donors (Lipinski definition) is 1. The second kappa shape index (κ2) is 6.34. The fourth-order valence-electron chi connectivity index (χ4n) is 2.49. The fraction of sp³-hybridized carbons (Fsp3) is 0.125. The zero-order valence-corrected chi connectivity index (χ0v) is 15.0. The molecule has 3 rings (SSSR count). The summed E-state index contributed by atoms with van der Waals surface area (Å²) < 4.78 is 40.5. The van der Waals surface area contributed by atoms with Crippen LogP contribution in [-0.2, 0) is 6.18 Å². The van der Waals surface area contributed by atoms with Gasteiger partial charge in [-0.05, 0) is 40.2 Å². The minimum absolute atomic E-state index is 0.138. The summed E-state index contributed by atoms with van der Waals surface area (Å²) in [6.45, 7) is 0. The average Bonchev–Trinajstić information content (AvgIpc) is 2.56. The predicted octanol–water partition coefficient (Wildman–Crippen LogP) is 4.86. The molecule has 3 aromatic rings. The van der Waals surface area contributed by atoms with E-state index in [0.717, 1.165) is 10.6 Å². The molecule has 9 heteroatoms. The smallest absolute Gasteiger partial charge is 0.386 e. The Labute approximate surface area is 153 Å². The van der Waals surface area contributed by atoms with Gasteiger partial charge < -0.3 is 5.32 Å². The van der Waals surface area contributed by atoms with E-state index in [1.165, 1.54) is 12.1 Å². The lowest BCUT2D eigenvalue weighted by molar-refractivity contribution is -0.141. The summed E-state index contributed by atoms with van der Waals surface area (Å²) >= 11 is 9.35. The van der Waals surface area contributed by atoms with E-state index in [9.17, 15) is 18.0 Å². The number of pyridine rings is 2. The molecular weight excluding hydrogens is 423 g/mol. The van der Waals surface area contributed by atoms with Gasteiger partial charge in [0.05, 0.1) is 16.4 Å². The predicted molar refractivity (Wildman–Crippen MR) is 94.6 cm³/mol. The molecule has 0 radical (unpaired) electrons. The first kappa shape index (κ1) is 17.8. The molecule has 0 bridgehead atoms. The van der Waals surface area contributed by atoms with Crippen molar-refractivity contribution < 1.29 is 13.2 Å². The van der Waals surface area contributed by atoms with Gasteiger partial charge in [0.15, 0.2) is 0 Å². The highest BCUT2D eigenvalue weighted by Crippen LogP contribution is 2.34. The van der Waals surface area contributed by atoms with Crippen LogP contribution in [0.15, 0.2) is 45.7 Å². The zero-order chi connectivity index (χ0) is 18.4.